The summed E-state index contributed by atoms with van der Waals surface area (Å²) in [7, 11) is 0. The smallest absolute Gasteiger partial charge is 0.329 e. The molecule has 4 heteroatoms. The van der Waals surface area contributed by atoms with Crippen LogP contribution < -0.4 is 5.32 Å². The van der Waals surface area contributed by atoms with Gasteiger partial charge in [0.15, 0.2) is 0 Å². The zero-order valence-electron chi connectivity index (χ0n) is 9.03. The largest absolute Gasteiger partial charge is 0.480 e. The summed E-state index contributed by atoms with van der Waals surface area (Å²) in [5, 5.41) is 12.1. The summed E-state index contributed by atoms with van der Waals surface area (Å²) in [5.41, 5.74) is -0.481. The molecule has 0 saturated heterocycles. The van der Waals surface area contributed by atoms with Crippen molar-refractivity contribution in [3.63, 3.8) is 0 Å². The first-order chi connectivity index (χ1) is 7.52. The zero-order chi connectivity index (χ0) is 11.8. The molecule has 0 radical (unpaired) electrons. The van der Waals surface area contributed by atoms with Gasteiger partial charge < -0.3 is 10.4 Å². The van der Waals surface area contributed by atoms with Crippen LogP contribution in [0.5, 0.6) is 0 Å². The number of benzene rings is 1. The fourth-order valence-electron chi connectivity index (χ4n) is 1.86. The topological polar surface area (TPSA) is 49.3 Å². The quantitative estimate of drug-likeness (QED) is 0.824. The van der Waals surface area contributed by atoms with Crippen molar-refractivity contribution in [1.29, 1.82) is 0 Å². The Balaban J connectivity index is 2.21. The lowest BCUT2D eigenvalue weighted by molar-refractivity contribution is -0.142. The number of anilines is 1. The lowest BCUT2D eigenvalue weighted by Crippen LogP contribution is -2.45. The number of nitrogens with one attached hydrogen (secondary N) is 1. The molecule has 3 nitrogen and oxygen atoms in total. The van der Waals surface area contributed by atoms with Gasteiger partial charge in [-0.25, -0.2) is 9.18 Å². The molecule has 1 saturated carbocycles. The molecule has 1 atom stereocenters. The summed E-state index contributed by atoms with van der Waals surface area (Å²) in [4.78, 5) is 11.2. The third-order valence-corrected chi connectivity index (χ3v) is 3.07. The van der Waals surface area contributed by atoms with E-state index < -0.39 is 11.5 Å². The van der Waals surface area contributed by atoms with Crippen LogP contribution in [0.25, 0.3) is 0 Å². The molecule has 2 rings (SSSR count). The van der Waals surface area contributed by atoms with Crippen molar-refractivity contribution in [2.24, 2.45) is 5.92 Å². The maximum Gasteiger partial charge on any atom is 0.329 e. The molecule has 1 aromatic carbocycles. The molecule has 0 aromatic heterocycles. The minimum Gasteiger partial charge on any atom is -0.480 e. The van der Waals surface area contributed by atoms with Crippen LogP contribution in [-0.2, 0) is 4.79 Å². The molecule has 1 aromatic rings. The molecule has 0 amide bonds. The molecule has 1 fully saturated rings. The summed E-state index contributed by atoms with van der Waals surface area (Å²) in [6, 6.07) is 5.88. The minimum absolute atomic E-state index is 0.133. The van der Waals surface area contributed by atoms with Crippen molar-refractivity contribution in [1.82, 2.24) is 0 Å². The van der Waals surface area contributed by atoms with Gasteiger partial charge in [0, 0.05) is 5.69 Å². The van der Waals surface area contributed by atoms with E-state index in [0.29, 0.717) is 5.69 Å². The van der Waals surface area contributed by atoms with Gasteiger partial charge in [-0.3, -0.25) is 0 Å². The number of carboxylic acids is 1. The normalized spacial score (nSPS) is 18.9. The van der Waals surface area contributed by atoms with Gasteiger partial charge in [-0.2, -0.15) is 0 Å². The fourth-order valence-corrected chi connectivity index (χ4v) is 1.86. The van der Waals surface area contributed by atoms with Gasteiger partial charge >= 0.3 is 5.97 Å². The Morgan fingerprint density at radius 2 is 2.25 bits per heavy atom. The van der Waals surface area contributed by atoms with Crippen LogP contribution in [0, 0.1) is 11.7 Å². The Hall–Kier alpha value is -1.58. The van der Waals surface area contributed by atoms with E-state index in [-0.39, 0.29) is 11.7 Å². The van der Waals surface area contributed by atoms with E-state index in [1.165, 1.54) is 12.1 Å². The maximum absolute atomic E-state index is 13.0. The zero-order valence-corrected chi connectivity index (χ0v) is 9.03. The standard InChI is InChI=1S/C12H14FNO2/c1-12(11(15)16,8-5-6-8)14-10-4-2-3-9(13)7-10/h2-4,7-8,14H,5-6H2,1H3,(H,15,16). The van der Waals surface area contributed by atoms with Crippen molar-refractivity contribution in [3.05, 3.63) is 30.1 Å². The monoisotopic (exact) mass is 223 g/mol. The Morgan fingerprint density at radius 3 is 2.75 bits per heavy atom. The van der Waals surface area contributed by atoms with Crippen LogP contribution in [-0.4, -0.2) is 16.6 Å². The molecule has 0 aliphatic heterocycles. The molecule has 0 heterocycles. The average Bonchev–Trinajstić information content (AvgIpc) is 3.00. The Morgan fingerprint density at radius 1 is 1.56 bits per heavy atom. The third-order valence-electron chi connectivity index (χ3n) is 3.07. The first kappa shape index (κ1) is 10.9. The average molecular weight is 223 g/mol. The second kappa shape index (κ2) is 3.77. The van der Waals surface area contributed by atoms with E-state index in [0.717, 1.165) is 12.8 Å². The number of carbonyl (C=O) groups is 1. The number of halogens is 1. The van der Waals surface area contributed by atoms with Gasteiger partial charge in [0.1, 0.15) is 11.4 Å². The van der Waals surface area contributed by atoms with Crippen LogP contribution in [0.2, 0.25) is 0 Å². The number of rotatable bonds is 4. The highest BCUT2D eigenvalue weighted by atomic mass is 19.1. The summed E-state index contributed by atoms with van der Waals surface area (Å²) in [6.07, 6.45) is 1.82. The summed E-state index contributed by atoms with van der Waals surface area (Å²) < 4.78 is 13.0. The third kappa shape index (κ3) is 2.01. The van der Waals surface area contributed by atoms with E-state index in [1.54, 1.807) is 19.1 Å². The fraction of sp³-hybridized carbons (Fsp3) is 0.417. The lowest BCUT2D eigenvalue weighted by Gasteiger charge is -2.27. The summed E-state index contributed by atoms with van der Waals surface area (Å²) in [6.45, 7) is 1.65. The Bertz CT molecular complexity index is 417. The van der Waals surface area contributed by atoms with E-state index in [4.69, 9.17) is 0 Å². The molecule has 86 valence electrons. The summed E-state index contributed by atoms with van der Waals surface area (Å²) in [5.74, 6) is -1.12. The first-order valence-electron chi connectivity index (χ1n) is 5.29. The Kier molecular flexibility index (Phi) is 2.58. The SMILES string of the molecule is CC(Nc1cccc(F)c1)(C(=O)O)C1CC1. The lowest BCUT2D eigenvalue weighted by atomic mass is 9.95. The number of hydrogen-bond acceptors (Lipinski definition) is 2. The number of aliphatic carboxylic acids is 1. The molecular weight excluding hydrogens is 209 g/mol. The first-order valence-corrected chi connectivity index (χ1v) is 5.29. The number of carboxylic acid groups (broad SMARTS) is 1. The van der Waals surface area contributed by atoms with Crippen molar-refractivity contribution >= 4 is 11.7 Å². The molecule has 0 spiro atoms. The van der Waals surface area contributed by atoms with Crippen LogP contribution in [0.1, 0.15) is 19.8 Å². The van der Waals surface area contributed by atoms with Crippen molar-refractivity contribution in [2.75, 3.05) is 5.32 Å². The van der Waals surface area contributed by atoms with Crippen LogP contribution in [0.4, 0.5) is 10.1 Å². The molecule has 16 heavy (non-hydrogen) atoms. The van der Waals surface area contributed by atoms with Gasteiger partial charge in [0.25, 0.3) is 0 Å². The van der Waals surface area contributed by atoms with Gasteiger partial charge in [-0.15, -0.1) is 0 Å². The molecule has 0 bridgehead atoms. The van der Waals surface area contributed by atoms with E-state index >= 15 is 0 Å². The van der Waals surface area contributed by atoms with Crippen molar-refractivity contribution in [3.8, 4) is 0 Å². The predicted octanol–water partition coefficient (Wildman–Crippen LogP) is 2.49. The predicted molar refractivity (Wildman–Crippen MR) is 58.8 cm³/mol. The molecule has 1 aliphatic rings. The Labute approximate surface area is 93.3 Å². The second-order valence-electron chi connectivity index (χ2n) is 4.42. The van der Waals surface area contributed by atoms with Gasteiger partial charge in [-0.1, -0.05) is 6.07 Å². The molecular formula is C12H14FNO2. The maximum atomic E-state index is 13.0. The van der Waals surface area contributed by atoms with Crippen molar-refractivity contribution in [2.45, 2.75) is 25.3 Å². The molecule has 1 aliphatic carbocycles. The van der Waals surface area contributed by atoms with E-state index in [9.17, 15) is 14.3 Å². The molecule has 1 unspecified atom stereocenters. The van der Waals surface area contributed by atoms with Crippen molar-refractivity contribution < 1.29 is 14.3 Å². The van der Waals surface area contributed by atoms with Gasteiger partial charge in [-0.05, 0) is 43.9 Å². The molecule has 2 N–H and O–H groups in total. The highest BCUT2D eigenvalue weighted by Gasteiger charge is 2.47. The van der Waals surface area contributed by atoms with Gasteiger partial charge in [0.05, 0.1) is 0 Å². The van der Waals surface area contributed by atoms with Gasteiger partial charge in [0.2, 0.25) is 0 Å². The summed E-state index contributed by atoms with van der Waals surface area (Å²) >= 11 is 0. The van der Waals surface area contributed by atoms with E-state index in [2.05, 4.69) is 5.32 Å². The highest BCUT2D eigenvalue weighted by Crippen LogP contribution is 2.41. The van der Waals surface area contributed by atoms with E-state index in [1.807, 2.05) is 0 Å². The second-order valence-corrected chi connectivity index (χ2v) is 4.42. The highest BCUT2D eigenvalue weighted by molar-refractivity contribution is 5.83. The van der Waals surface area contributed by atoms with Crippen LogP contribution in [0.15, 0.2) is 24.3 Å². The number of hydrogen-bond donors (Lipinski definition) is 2. The van der Waals surface area contributed by atoms with Crippen LogP contribution in [0.3, 0.4) is 0 Å². The van der Waals surface area contributed by atoms with Crippen LogP contribution >= 0.6 is 0 Å². The minimum atomic E-state index is -0.992.